The van der Waals surface area contributed by atoms with Crippen LogP contribution in [0.4, 0.5) is 11.4 Å². The molecule has 76 valence electrons. The lowest BCUT2D eigenvalue weighted by Crippen LogP contribution is -2.12. The maximum atomic E-state index is 10.7. The number of halogens is 1. The van der Waals surface area contributed by atoms with Gasteiger partial charge in [0.2, 0.25) is 0 Å². The quantitative estimate of drug-likeness (QED) is 0.562. The zero-order valence-corrected chi connectivity index (χ0v) is 9.00. The van der Waals surface area contributed by atoms with Gasteiger partial charge in [-0.1, -0.05) is 17.7 Å². The maximum Gasteiger partial charge on any atom is 0.294 e. The Bertz CT molecular complexity index is 377. The van der Waals surface area contributed by atoms with E-state index in [0.717, 1.165) is 5.56 Å². The summed E-state index contributed by atoms with van der Waals surface area (Å²) < 4.78 is 0. The van der Waals surface area contributed by atoms with Gasteiger partial charge in [0, 0.05) is 20.2 Å². The Kier molecular flexibility index (Phi) is 2.96. The van der Waals surface area contributed by atoms with Crippen LogP contribution in [-0.4, -0.2) is 19.0 Å². The molecule has 0 aliphatic heterocycles. The van der Waals surface area contributed by atoms with Gasteiger partial charge in [0.25, 0.3) is 5.69 Å². The predicted octanol–water partition coefficient (Wildman–Crippen LogP) is 2.62. The molecule has 0 unspecified atom stereocenters. The molecular formula is C9H11ClN2O2. The van der Waals surface area contributed by atoms with Crippen LogP contribution in [0, 0.1) is 17.0 Å². The standard InChI is InChI=1S/C9H11ClN2O2/c1-6-4-5-7(12(13)14)9(8(6)10)11(2)3/h4-5H,1-3H3. The van der Waals surface area contributed by atoms with Gasteiger partial charge in [-0.15, -0.1) is 0 Å². The van der Waals surface area contributed by atoms with Gasteiger partial charge in [-0.05, 0) is 12.5 Å². The molecule has 0 aliphatic rings. The molecule has 0 aromatic heterocycles. The normalized spacial score (nSPS) is 10.0. The van der Waals surface area contributed by atoms with E-state index in [1.165, 1.54) is 6.07 Å². The molecule has 0 saturated heterocycles. The summed E-state index contributed by atoms with van der Waals surface area (Å²) in [6.07, 6.45) is 0. The highest BCUT2D eigenvalue weighted by Crippen LogP contribution is 2.36. The summed E-state index contributed by atoms with van der Waals surface area (Å²) >= 11 is 5.99. The Morgan fingerprint density at radius 1 is 1.43 bits per heavy atom. The van der Waals surface area contributed by atoms with Crippen molar-refractivity contribution in [2.45, 2.75) is 6.92 Å². The lowest BCUT2D eigenvalue weighted by molar-refractivity contribution is -0.384. The Morgan fingerprint density at radius 3 is 2.43 bits per heavy atom. The van der Waals surface area contributed by atoms with Crippen LogP contribution in [0.3, 0.4) is 0 Å². The zero-order chi connectivity index (χ0) is 10.9. The Morgan fingerprint density at radius 2 is 2.00 bits per heavy atom. The molecule has 0 aliphatic carbocycles. The van der Waals surface area contributed by atoms with Crippen molar-refractivity contribution in [2.75, 3.05) is 19.0 Å². The van der Waals surface area contributed by atoms with Crippen molar-refractivity contribution in [1.29, 1.82) is 0 Å². The molecule has 0 N–H and O–H groups in total. The largest absolute Gasteiger partial charge is 0.371 e. The molecular weight excluding hydrogens is 204 g/mol. The summed E-state index contributed by atoms with van der Waals surface area (Å²) in [5.41, 5.74) is 1.32. The molecule has 0 spiro atoms. The van der Waals surface area contributed by atoms with E-state index in [0.29, 0.717) is 10.7 Å². The third-order valence-corrected chi connectivity index (χ3v) is 2.41. The first kappa shape index (κ1) is 10.8. The van der Waals surface area contributed by atoms with E-state index in [9.17, 15) is 10.1 Å². The number of nitro benzene ring substituents is 1. The summed E-state index contributed by atoms with van der Waals surface area (Å²) in [4.78, 5) is 11.9. The average Bonchev–Trinajstić information content (AvgIpc) is 2.08. The highest BCUT2D eigenvalue weighted by molar-refractivity contribution is 6.34. The van der Waals surface area contributed by atoms with Crippen LogP contribution in [0.2, 0.25) is 5.02 Å². The molecule has 0 saturated carbocycles. The van der Waals surface area contributed by atoms with E-state index in [2.05, 4.69) is 0 Å². The molecule has 0 fully saturated rings. The molecule has 5 heteroatoms. The first-order valence-electron chi connectivity index (χ1n) is 4.06. The fraction of sp³-hybridized carbons (Fsp3) is 0.333. The lowest BCUT2D eigenvalue weighted by Gasteiger charge is -2.15. The van der Waals surface area contributed by atoms with Crippen LogP contribution in [0.1, 0.15) is 5.56 Å². The SMILES string of the molecule is Cc1ccc([N+](=O)[O-])c(N(C)C)c1Cl. The fourth-order valence-corrected chi connectivity index (χ4v) is 1.56. The molecule has 1 aromatic rings. The predicted molar refractivity (Wildman–Crippen MR) is 57.2 cm³/mol. The van der Waals surface area contributed by atoms with Gasteiger partial charge < -0.3 is 4.90 Å². The smallest absolute Gasteiger partial charge is 0.294 e. The second kappa shape index (κ2) is 3.84. The van der Waals surface area contributed by atoms with E-state index in [1.807, 2.05) is 6.92 Å². The highest BCUT2D eigenvalue weighted by Gasteiger charge is 2.19. The highest BCUT2D eigenvalue weighted by atomic mass is 35.5. The molecule has 0 heterocycles. The number of aryl methyl sites for hydroxylation is 1. The van der Waals surface area contributed by atoms with Crippen LogP contribution in [0.25, 0.3) is 0 Å². The third-order valence-electron chi connectivity index (χ3n) is 1.93. The molecule has 0 atom stereocenters. The summed E-state index contributed by atoms with van der Waals surface area (Å²) in [5, 5.41) is 11.1. The van der Waals surface area contributed by atoms with E-state index >= 15 is 0 Å². The minimum atomic E-state index is -0.430. The van der Waals surface area contributed by atoms with Crippen molar-refractivity contribution < 1.29 is 4.92 Å². The second-order valence-corrected chi connectivity index (χ2v) is 3.59. The van der Waals surface area contributed by atoms with E-state index in [1.54, 1.807) is 25.1 Å². The minimum absolute atomic E-state index is 0.0330. The van der Waals surface area contributed by atoms with Gasteiger partial charge in [-0.25, -0.2) is 0 Å². The average molecular weight is 215 g/mol. The second-order valence-electron chi connectivity index (χ2n) is 3.22. The molecule has 0 amide bonds. The fourth-order valence-electron chi connectivity index (χ4n) is 1.23. The van der Waals surface area contributed by atoms with E-state index in [-0.39, 0.29) is 5.69 Å². The summed E-state index contributed by atoms with van der Waals surface area (Å²) in [6, 6.07) is 3.12. The van der Waals surface area contributed by atoms with Crippen LogP contribution in [-0.2, 0) is 0 Å². The molecule has 14 heavy (non-hydrogen) atoms. The number of nitrogens with zero attached hydrogens (tertiary/aromatic N) is 2. The molecule has 4 nitrogen and oxygen atoms in total. The van der Waals surface area contributed by atoms with E-state index < -0.39 is 4.92 Å². The molecule has 1 rings (SSSR count). The van der Waals surface area contributed by atoms with Crippen LogP contribution < -0.4 is 4.90 Å². The summed E-state index contributed by atoms with van der Waals surface area (Å²) in [7, 11) is 3.46. The number of benzene rings is 1. The maximum absolute atomic E-state index is 10.7. The molecule has 0 radical (unpaired) electrons. The Hall–Kier alpha value is -1.29. The lowest BCUT2D eigenvalue weighted by atomic mass is 10.2. The van der Waals surface area contributed by atoms with Gasteiger partial charge in [0.05, 0.1) is 9.95 Å². The van der Waals surface area contributed by atoms with Crippen molar-refractivity contribution in [3.8, 4) is 0 Å². The van der Waals surface area contributed by atoms with Crippen LogP contribution >= 0.6 is 11.6 Å². The third kappa shape index (κ3) is 1.80. The number of hydrogen-bond donors (Lipinski definition) is 0. The minimum Gasteiger partial charge on any atom is -0.371 e. The number of anilines is 1. The van der Waals surface area contributed by atoms with Crippen molar-refractivity contribution in [3.05, 3.63) is 32.8 Å². The number of hydrogen-bond acceptors (Lipinski definition) is 3. The summed E-state index contributed by atoms with van der Waals surface area (Å²) in [6.45, 7) is 1.82. The van der Waals surface area contributed by atoms with Crippen LogP contribution in [0.5, 0.6) is 0 Å². The van der Waals surface area contributed by atoms with Gasteiger partial charge in [0.1, 0.15) is 5.69 Å². The molecule has 0 bridgehead atoms. The van der Waals surface area contributed by atoms with Gasteiger partial charge in [-0.2, -0.15) is 0 Å². The van der Waals surface area contributed by atoms with Crippen molar-refractivity contribution in [1.82, 2.24) is 0 Å². The van der Waals surface area contributed by atoms with Crippen LogP contribution in [0.15, 0.2) is 12.1 Å². The first-order valence-corrected chi connectivity index (χ1v) is 4.43. The number of nitro groups is 1. The van der Waals surface area contributed by atoms with Gasteiger partial charge in [-0.3, -0.25) is 10.1 Å². The monoisotopic (exact) mass is 214 g/mol. The van der Waals surface area contributed by atoms with Crippen molar-refractivity contribution in [2.24, 2.45) is 0 Å². The number of rotatable bonds is 2. The zero-order valence-electron chi connectivity index (χ0n) is 8.24. The topological polar surface area (TPSA) is 46.4 Å². The van der Waals surface area contributed by atoms with Crippen molar-refractivity contribution in [3.63, 3.8) is 0 Å². The molecule has 1 aromatic carbocycles. The Balaban J connectivity index is 3.45. The first-order chi connectivity index (χ1) is 6.45. The van der Waals surface area contributed by atoms with Gasteiger partial charge in [0.15, 0.2) is 0 Å². The van der Waals surface area contributed by atoms with E-state index in [4.69, 9.17) is 11.6 Å². The summed E-state index contributed by atoms with van der Waals surface area (Å²) in [5.74, 6) is 0. The van der Waals surface area contributed by atoms with Gasteiger partial charge >= 0.3 is 0 Å². The van der Waals surface area contributed by atoms with Crippen molar-refractivity contribution >= 4 is 23.0 Å². The Labute approximate surface area is 87.2 Å².